The normalized spacial score (nSPS) is 11.6. The predicted molar refractivity (Wildman–Crippen MR) is 129 cm³/mol. The maximum Gasteiger partial charge on any atom is 0.332 e. The third-order valence-corrected chi connectivity index (χ3v) is 6.60. The summed E-state index contributed by atoms with van der Waals surface area (Å²) in [6.07, 6.45) is 1.92. The molecule has 2 aromatic rings. The first-order valence-corrected chi connectivity index (χ1v) is 12.6. The van der Waals surface area contributed by atoms with Crippen LogP contribution in [0.4, 0.5) is 14.9 Å². The number of carbonyl (C=O) groups is 1. The van der Waals surface area contributed by atoms with Gasteiger partial charge in [-0.2, -0.15) is 0 Å². The number of hydrogen-bond acceptors (Lipinski definition) is 6. The maximum absolute atomic E-state index is 14.4. The molecule has 2 N–H and O–H groups in total. The second-order valence-electron chi connectivity index (χ2n) is 7.91. The number of hydrogen-bond donors (Lipinski definition) is 2. The van der Waals surface area contributed by atoms with E-state index in [0.717, 1.165) is 13.1 Å². The summed E-state index contributed by atoms with van der Waals surface area (Å²) in [6, 6.07) is 5.00. The molecule has 0 aliphatic rings. The van der Waals surface area contributed by atoms with Crippen LogP contribution in [0, 0.1) is 5.82 Å². The summed E-state index contributed by atoms with van der Waals surface area (Å²) in [5, 5.41) is 2.63. The van der Waals surface area contributed by atoms with Crippen molar-refractivity contribution < 1.29 is 22.3 Å². The van der Waals surface area contributed by atoms with Crippen LogP contribution in [0.5, 0.6) is 5.88 Å². The predicted octanol–water partition coefficient (Wildman–Crippen LogP) is 4.20. The van der Waals surface area contributed by atoms with Gasteiger partial charge >= 0.3 is 6.03 Å². The van der Waals surface area contributed by atoms with Gasteiger partial charge in [-0.25, -0.2) is 27.3 Å². The molecule has 0 unspecified atom stereocenters. The van der Waals surface area contributed by atoms with Gasteiger partial charge in [-0.05, 0) is 61.3 Å². The molecule has 0 radical (unpaired) electrons. The molecule has 0 saturated carbocycles. The first kappa shape index (κ1) is 26.5. The van der Waals surface area contributed by atoms with Crippen LogP contribution in [-0.2, 0) is 10.0 Å². The molecule has 2 amide bonds. The fraction of sp³-hybridized carbons (Fsp3) is 0.478. The number of rotatable bonds is 11. The molecule has 0 fully saturated rings. The van der Waals surface area contributed by atoms with E-state index in [9.17, 15) is 17.6 Å². The van der Waals surface area contributed by atoms with Gasteiger partial charge in [0.2, 0.25) is 15.9 Å². The highest BCUT2D eigenvalue weighted by atomic mass is 32.2. The standard InChI is InChI=1S/C23H33FN4O4S/c1-6-28(7-2)11-8-12-33(30,31)27-23(29)26-22-19(16(3)4)14-18(24)15-20(22)17-9-10-25-21(13-17)32-5/h9-10,13-16H,6-8,11-12H2,1-5H3,(H2,26,27,29). The Bertz CT molecular complexity index is 1060. The maximum atomic E-state index is 14.4. The summed E-state index contributed by atoms with van der Waals surface area (Å²) in [5.74, 6) is -0.455. The number of ether oxygens (including phenoxy) is 1. The van der Waals surface area contributed by atoms with Crippen LogP contribution in [0.2, 0.25) is 0 Å². The molecule has 1 aromatic carbocycles. The van der Waals surface area contributed by atoms with E-state index < -0.39 is 21.9 Å². The van der Waals surface area contributed by atoms with Gasteiger partial charge in [0.1, 0.15) is 5.82 Å². The Morgan fingerprint density at radius 3 is 2.52 bits per heavy atom. The summed E-state index contributed by atoms with van der Waals surface area (Å²) < 4.78 is 46.5. The third kappa shape index (κ3) is 7.68. The number of nitrogens with one attached hydrogen (secondary N) is 2. The molecule has 1 heterocycles. The number of halogens is 1. The van der Waals surface area contributed by atoms with Crippen molar-refractivity contribution in [1.82, 2.24) is 14.6 Å². The zero-order valence-electron chi connectivity index (χ0n) is 19.8. The lowest BCUT2D eigenvalue weighted by Gasteiger charge is -2.20. The quantitative estimate of drug-likeness (QED) is 0.500. The monoisotopic (exact) mass is 480 g/mol. The number of sulfonamides is 1. The Morgan fingerprint density at radius 1 is 1.21 bits per heavy atom. The van der Waals surface area contributed by atoms with Crippen LogP contribution < -0.4 is 14.8 Å². The van der Waals surface area contributed by atoms with Gasteiger partial charge in [0, 0.05) is 17.8 Å². The lowest BCUT2D eigenvalue weighted by atomic mass is 9.94. The minimum atomic E-state index is -3.84. The van der Waals surface area contributed by atoms with Crippen molar-refractivity contribution in [2.45, 2.75) is 40.0 Å². The molecule has 33 heavy (non-hydrogen) atoms. The first-order chi connectivity index (χ1) is 15.6. The second-order valence-corrected chi connectivity index (χ2v) is 9.76. The molecule has 10 heteroatoms. The molecule has 0 aliphatic heterocycles. The highest BCUT2D eigenvalue weighted by molar-refractivity contribution is 7.90. The topological polar surface area (TPSA) is 101 Å². The Balaban J connectivity index is 2.29. The summed E-state index contributed by atoms with van der Waals surface area (Å²) >= 11 is 0. The second kappa shape index (κ2) is 11.9. The summed E-state index contributed by atoms with van der Waals surface area (Å²) in [7, 11) is -2.37. The Labute approximate surface area is 195 Å². The van der Waals surface area contributed by atoms with Gasteiger partial charge in [0.25, 0.3) is 0 Å². The molecule has 0 spiro atoms. The minimum absolute atomic E-state index is 0.135. The fourth-order valence-corrected chi connectivity index (χ4v) is 4.43. The van der Waals surface area contributed by atoms with Crippen LogP contribution in [-0.4, -0.2) is 56.8 Å². The van der Waals surface area contributed by atoms with Crippen LogP contribution in [0.15, 0.2) is 30.5 Å². The molecular weight excluding hydrogens is 447 g/mol. The van der Waals surface area contributed by atoms with Crippen molar-refractivity contribution in [2.75, 3.05) is 37.8 Å². The Morgan fingerprint density at radius 2 is 1.91 bits per heavy atom. The van der Waals surface area contributed by atoms with E-state index in [2.05, 4.69) is 19.9 Å². The lowest BCUT2D eigenvalue weighted by Crippen LogP contribution is -2.37. The smallest absolute Gasteiger partial charge is 0.332 e. The first-order valence-electron chi connectivity index (χ1n) is 11.0. The van der Waals surface area contributed by atoms with Gasteiger partial charge < -0.3 is 15.0 Å². The average molecular weight is 481 g/mol. The van der Waals surface area contributed by atoms with E-state index in [4.69, 9.17) is 4.74 Å². The van der Waals surface area contributed by atoms with E-state index in [-0.39, 0.29) is 11.7 Å². The van der Waals surface area contributed by atoms with Crippen molar-refractivity contribution >= 4 is 21.7 Å². The number of aromatic nitrogens is 1. The zero-order chi connectivity index (χ0) is 24.6. The summed E-state index contributed by atoms with van der Waals surface area (Å²) in [4.78, 5) is 18.8. The minimum Gasteiger partial charge on any atom is -0.481 e. The Hall–Kier alpha value is -2.72. The number of amides is 2. The number of methoxy groups -OCH3 is 1. The van der Waals surface area contributed by atoms with Gasteiger partial charge in [0.15, 0.2) is 0 Å². The summed E-state index contributed by atoms with van der Waals surface area (Å²) in [5.41, 5.74) is 1.83. The molecular formula is C23H33FN4O4S. The van der Waals surface area contributed by atoms with Crippen LogP contribution in [0.25, 0.3) is 11.1 Å². The number of nitrogens with zero attached hydrogens (tertiary/aromatic N) is 2. The number of urea groups is 1. The van der Waals surface area contributed by atoms with E-state index in [0.29, 0.717) is 41.2 Å². The van der Waals surface area contributed by atoms with Crippen LogP contribution >= 0.6 is 0 Å². The molecule has 0 aliphatic carbocycles. The van der Waals surface area contributed by atoms with Gasteiger partial charge in [0.05, 0.1) is 18.6 Å². The highest BCUT2D eigenvalue weighted by Crippen LogP contribution is 2.36. The largest absolute Gasteiger partial charge is 0.481 e. The molecule has 182 valence electrons. The van der Waals surface area contributed by atoms with Crippen LogP contribution in [0.1, 0.15) is 45.6 Å². The Kier molecular flexibility index (Phi) is 9.60. The van der Waals surface area contributed by atoms with Crippen molar-refractivity contribution in [1.29, 1.82) is 0 Å². The van der Waals surface area contributed by atoms with Crippen molar-refractivity contribution in [3.05, 3.63) is 41.8 Å². The zero-order valence-corrected chi connectivity index (χ0v) is 20.6. The van der Waals surface area contributed by atoms with Gasteiger partial charge in [-0.15, -0.1) is 0 Å². The number of anilines is 1. The number of benzene rings is 1. The van der Waals surface area contributed by atoms with Crippen LogP contribution in [0.3, 0.4) is 0 Å². The molecule has 0 atom stereocenters. The molecule has 2 rings (SSSR count). The van der Waals surface area contributed by atoms with Gasteiger partial charge in [-0.3, -0.25) is 0 Å². The molecule has 8 nitrogen and oxygen atoms in total. The summed E-state index contributed by atoms with van der Waals surface area (Å²) in [6.45, 7) is 10.0. The highest BCUT2D eigenvalue weighted by Gasteiger charge is 2.21. The van der Waals surface area contributed by atoms with E-state index in [1.165, 1.54) is 25.4 Å². The van der Waals surface area contributed by atoms with E-state index in [1.54, 1.807) is 12.1 Å². The lowest BCUT2D eigenvalue weighted by molar-refractivity contribution is 0.256. The van der Waals surface area contributed by atoms with Gasteiger partial charge in [-0.1, -0.05) is 27.7 Å². The fourth-order valence-electron chi connectivity index (χ4n) is 3.49. The number of pyridine rings is 1. The SMILES string of the molecule is CCN(CC)CCCS(=O)(=O)NC(=O)Nc1c(-c2ccnc(OC)c2)cc(F)cc1C(C)C. The molecule has 1 aromatic heterocycles. The number of carbonyl (C=O) groups excluding carboxylic acids is 1. The average Bonchev–Trinajstić information content (AvgIpc) is 2.77. The van der Waals surface area contributed by atoms with E-state index >= 15 is 0 Å². The molecule has 0 bridgehead atoms. The third-order valence-electron chi connectivity index (χ3n) is 5.28. The van der Waals surface area contributed by atoms with Crippen molar-refractivity contribution in [3.63, 3.8) is 0 Å². The van der Waals surface area contributed by atoms with E-state index in [1.807, 2.05) is 27.7 Å². The van der Waals surface area contributed by atoms with Crippen molar-refractivity contribution in [3.8, 4) is 17.0 Å². The van der Waals surface area contributed by atoms with Crippen molar-refractivity contribution in [2.24, 2.45) is 0 Å². The molecule has 0 saturated heterocycles.